The first-order chi connectivity index (χ1) is 8.74. The van der Waals surface area contributed by atoms with Crippen molar-refractivity contribution in [2.75, 3.05) is 6.61 Å². The van der Waals surface area contributed by atoms with Gasteiger partial charge in [0.05, 0.1) is 6.61 Å². The molecule has 2 aromatic rings. The van der Waals surface area contributed by atoms with Crippen molar-refractivity contribution in [3.63, 3.8) is 0 Å². The lowest BCUT2D eigenvalue weighted by Gasteiger charge is -2.06. The van der Waals surface area contributed by atoms with Crippen LogP contribution in [0.2, 0.25) is 0 Å². The molecule has 0 saturated heterocycles. The van der Waals surface area contributed by atoms with Crippen molar-refractivity contribution in [2.45, 2.75) is 19.8 Å². The molecule has 0 fully saturated rings. The van der Waals surface area contributed by atoms with E-state index in [1.807, 2.05) is 30.3 Å². The highest BCUT2D eigenvalue weighted by Crippen LogP contribution is 2.12. The Morgan fingerprint density at radius 3 is 2.61 bits per heavy atom. The maximum absolute atomic E-state index is 5.67. The Hall–Kier alpha value is -1.35. The van der Waals surface area contributed by atoms with Gasteiger partial charge in [0.1, 0.15) is 10.4 Å². The van der Waals surface area contributed by atoms with Gasteiger partial charge in [-0.05, 0) is 60.0 Å². The van der Waals surface area contributed by atoms with Crippen LogP contribution >= 0.6 is 15.9 Å². The van der Waals surface area contributed by atoms with Crippen LogP contribution in [-0.2, 0) is 6.42 Å². The first-order valence-corrected chi connectivity index (χ1v) is 6.84. The molecule has 1 aromatic carbocycles. The number of hydrogen-bond acceptors (Lipinski definition) is 2. The van der Waals surface area contributed by atoms with Gasteiger partial charge < -0.3 is 4.74 Å². The molecule has 1 aromatic heterocycles. The maximum atomic E-state index is 5.67. The lowest BCUT2D eigenvalue weighted by molar-refractivity contribution is 0.310. The van der Waals surface area contributed by atoms with Crippen LogP contribution < -0.4 is 4.74 Å². The molecular formula is C15H16BrNO. The molecule has 94 valence electrons. The summed E-state index contributed by atoms with van der Waals surface area (Å²) >= 11 is 3.37. The van der Waals surface area contributed by atoms with Gasteiger partial charge in [0.15, 0.2) is 0 Å². The molecule has 0 amide bonds. The fourth-order valence-corrected chi connectivity index (χ4v) is 2.05. The third-order valence-electron chi connectivity index (χ3n) is 2.64. The topological polar surface area (TPSA) is 22.1 Å². The second-order valence-electron chi connectivity index (χ2n) is 4.22. The highest BCUT2D eigenvalue weighted by molar-refractivity contribution is 9.10. The number of ether oxygens (including phenoxy) is 1. The quantitative estimate of drug-likeness (QED) is 0.611. The molecule has 2 nitrogen and oxygen atoms in total. The fourth-order valence-electron chi connectivity index (χ4n) is 1.67. The van der Waals surface area contributed by atoms with Gasteiger partial charge in [-0.1, -0.05) is 23.8 Å². The summed E-state index contributed by atoms with van der Waals surface area (Å²) in [6.45, 7) is 2.79. The van der Waals surface area contributed by atoms with Crippen molar-refractivity contribution >= 4 is 15.9 Å². The van der Waals surface area contributed by atoms with Crippen LogP contribution in [0.15, 0.2) is 47.1 Å². The summed E-state index contributed by atoms with van der Waals surface area (Å²) in [6.07, 6.45) is 1.91. The van der Waals surface area contributed by atoms with Crippen LogP contribution in [-0.4, -0.2) is 11.6 Å². The summed E-state index contributed by atoms with van der Waals surface area (Å²) in [5.74, 6) is 0.933. The highest BCUT2D eigenvalue weighted by Gasteiger charge is 1.97. The normalized spacial score (nSPS) is 10.3. The van der Waals surface area contributed by atoms with E-state index < -0.39 is 0 Å². The number of hydrogen-bond donors (Lipinski definition) is 0. The van der Waals surface area contributed by atoms with E-state index in [4.69, 9.17) is 4.74 Å². The summed E-state index contributed by atoms with van der Waals surface area (Å²) in [4.78, 5) is 4.39. The lowest BCUT2D eigenvalue weighted by Crippen LogP contribution is -2.00. The van der Waals surface area contributed by atoms with Gasteiger partial charge in [-0.2, -0.15) is 0 Å². The molecule has 0 unspecified atom stereocenters. The van der Waals surface area contributed by atoms with Crippen LogP contribution in [0.1, 0.15) is 17.7 Å². The highest BCUT2D eigenvalue weighted by atomic mass is 79.9. The van der Waals surface area contributed by atoms with E-state index in [0.29, 0.717) is 0 Å². The first kappa shape index (κ1) is 13.1. The standard InChI is InChI=1S/C15H16BrNO/c1-12-7-9-14(10-8-12)18-11-3-5-13-4-2-6-15(16)17-13/h2,4,6-10H,3,5,11H2,1H3. The summed E-state index contributed by atoms with van der Waals surface area (Å²) in [7, 11) is 0. The minimum atomic E-state index is 0.719. The lowest BCUT2D eigenvalue weighted by atomic mass is 10.2. The van der Waals surface area contributed by atoms with Crippen molar-refractivity contribution in [1.82, 2.24) is 4.98 Å². The van der Waals surface area contributed by atoms with E-state index in [0.717, 1.165) is 35.5 Å². The zero-order valence-corrected chi connectivity index (χ0v) is 12.0. The molecule has 0 radical (unpaired) electrons. The monoisotopic (exact) mass is 305 g/mol. The van der Waals surface area contributed by atoms with Gasteiger partial charge in [-0.15, -0.1) is 0 Å². The van der Waals surface area contributed by atoms with Gasteiger partial charge >= 0.3 is 0 Å². The Morgan fingerprint density at radius 1 is 1.11 bits per heavy atom. The largest absolute Gasteiger partial charge is 0.494 e. The van der Waals surface area contributed by atoms with Crippen molar-refractivity contribution in [2.24, 2.45) is 0 Å². The number of halogens is 1. The predicted molar refractivity (Wildman–Crippen MR) is 76.9 cm³/mol. The summed E-state index contributed by atoms with van der Waals surface area (Å²) < 4.78 is 6.56. The number of rotatable bonds is 5. The van der Waals surface area contributed by atoms with Crippen molar-refractivity contribution < 1.29 is 4.74 Å². The van der Waals surface area contributed by atoms with E-state index in [1.165, 1.54) is 5.56 Å². The summed E-state index contributed by atoms with van der Waals surface area (Å²) in [6, 6.07) is 14.1. The molecule has 18 heavy (non-hydrogen) atoms. The number of aromatic nitrogens is 1. The maximum Gasteiger partial charge on any atom is 0.119 e. The Morgan fingerprint density at radius 2 is 1.89 bits per heavy atom. The van der Waals surface area contributed by atoms with E-state index in [1.54, 1.807) is 0 Å². The van der Waals surface area contributed by atoms with Crippen molar-refractivity contribution in [1.29, 1.82) is 0 Å². The molecule has 1 heterocycles. The van der Waals surface area contributed by atoms with Gasteiger partial charge in [-0.3, -0.25) is 0 Å². The first-order valence-electron chi connectivity index (χ1n) is 6.05. The van der Waals surface area contributed by atoms with Crippen LogP contribution in [0.3, 0.4) is 0 Å². The van der Waals surface area contributed by atoms with Gasteiger partial charge in [0, 0.05) is 5.69 Å². The fraction of sp³-hybridized carbons (Fsp3) is 0.267. The van der Waals surface area contributed by atoms with Crippen LogP contribution in [0.25, 0.3) is 0 Å². The van der Waals surface area contributed by atoms with Crippen molar-refractivity contribution in [3.05, 3.63) is 58.3 Å². The molecule has 0 spiro atoms. The molecule has 0 atom stereocenters. The molecule has 0 aliphatic heterocycles. The zero-order chi connectivity index (χ0) is 12.8. The average molecular weight is 306 g/mol. The van der Waals surface area contributed by atoms with Gasteiger partial charge in [0.25, 0.3) is 0 Å². The Kier molecular flexibility index (Phi) is 4.76. The number of benzene rings is 1. The second kappa shape index (κ2) is 6.55. The number of aryl methyl sites for hydroxylation is 2. The molecule has 0 aliphatic carbocycles. The minimum Gasteiger partial charge on any atom is -0.494 e. The molecule has 2 rings (SSSR count). The van der Waals surface area contributed by atoms with E-state index in [2.05, 4.69) is 40.0 Å². The third-order valence-corrected chi connectivity index (χ3v) is 3.08. The van der Waals surface area contributed by atoms with E-state index >= 15 is 0 Å². The van der Waals surface area contributed by atoms with Crippen LogP contribution in [0.4, 0.5) is 0 Å². The predicted octanol–water partition coefficient (Wildman–Crippen LogP) is 4.16. The van der Waals surface area contributed by atoms with E-state index in [9.17, 15) is 0 Å². The second-order valence-corrected chi connectivity index (χ2v) is 5.03. The smallest absolute Gasteiger partial charge is 0.119 e. The van der Waals surface area contributed by atoms with Crippen molar-refractivity contribution in [3.8, 4) is 5.75 Å². The Bertz CT molecular complexity index is 496. The number of nitrogens with zero attached hydrogens (tertiary/aromatic N) is 1. The van der Waals surface area contributed by atoms with Gasteiger partial charge in [0.2, 0.25) is 0 Å². The van der Waals surface area contributed by atoms with Crippen LogP contribution in [0, 0.1) is 6.92 Å². The Labute approximate surface area is 116 Å². The molecule has 0 N–H and O–H groups in total. The Balaban J connectivity index is 1.74. The third kappa shape index (κ3) is 4.15. The molecule has 0 saturated carbocycles. The minimum absolute atomic E-state index is 0.719. The molecule has 0 bridgehead atoms. The molecule has 0 aliphatic rings. The van der Waals surface area contributed by atoms with Crippen LogP contribution in [0.5, 0.6) is 5.75 Å². The molecular weight excluding hydrogens is 290 g/mol. The zero-order valence-electron chi connectivity index (χ0n) is 10.4. The number of pyridine rings is 1. The average Bonchev–Trinajstić information content (AvgIpc) is 2.37. The molecule has 3 heteroatoms. The summed E-state index contributed by atoms with van der Waals surface area (Å²) in [5, 5.41) is 0. The SMILES string of the molecule is Cc1ccc(OCCCc2cccc(Br)n2)cc1. The summed E-state index contributed by atoms with van der Waals surface area (Å²) in [5.41, 5.74) is 2.34. The van der Waals surface area contributed by atoms with E-state index in [-0.39, 0.29) is 0 Å². The van der Waals surface area contributed by atoms with Gasteiger partial charge in [-0.25, -0.2) is 4.98 Å².